The smallest absolute Gasteiger partial charge is 0.214 e. The molecule has 0 spiro atoms. The Bertz CT molecular complexity index is 529. The van der Waals surface area contributed by atoms with Gasteiger partial charge < -0.3 is 0 Å². The highest BCUT2D eigenvalue weighted by Crippen LogP contribution is 2.26. The van der Waals surface area contributed by atoms with Crippen molar-refractivity contribution in [1.29, 1.82) is 0 Å². The van der Waals surface area contributed by atoms with E-state index >= 15 is 0 Å². The van der Waals surface area contributed by atoms with Crippen molar-refractivity contribution in [3.05, 3.63) is 48.0 Å². The van der Waals surface area contributed by atoms with E-state index in [9.17, 15) is 13.6 Å². The molecule has 1 aliphatic carbocycles. The second kappa shape index (κ2) is 7.61. The van der Waals surface area contributed by atoms with Crippen LogP contribution < -0.4 is 0 Å². The predicted molar refractivity (Wildman–Crippen MR) is 74.4 cm³/mol. The van der Waals surface area contributed by atoms with Crippen molar-refractivity contribution in [3.8, 4) is 0 Å². The van der Waals surface area contributed by atoms with Gasteiger partial charge in [0.05, 0.1) is 0 Å². The van der Waals surface area contributed by atoms with Crippen molar-refractivity contribution in [3.63, 3.8) is 0 Å². The number of rotatable bonds is 1. The number of aryl methyl sites for hydroxylation is 1. The van der Waals surface area contributed by atoms with Gasteiger partial charge in [0, 0.05) is 13.0 Å². The number of hydrogen-bond acceptors (Lipinski definition) is 3. The Morgan fingerprint density at radius 3 is 1.95 bits per heavy atom. The fourth-order valence-corrected chi connectivity index (χ4v) is 1.63. The van der Waals surface area contributed by atoms with E-state index in [4.69, 9.17) is 0 Å². The normalized spacial score (nSPS) is 18.7. The molecule has 1 fully saturated rings. The molecule has 112 valence electrons. The zero-order valence-electron chi connectivity index (χ0n) is 11.5. The summed E-state index contributed by atoms with van der Waals surface area (Å²) < 4.78 is 25.4. The van der Waals surface area contributed by atoms with Crippen LogP contribution in [0.2, 0.25) is 0 Å². The average Bonchev–Trinajstić information content (AvgIpc) is 3.08. The summed E-state index contributed by atoms with van der Waals surface area (Å²) in [6.07, 6.45) is 1.13. The average molecular weight is 293 g/mol. The molecule has 1 aromatic heterocycles. The number of alkyl halides is 2. The fourth-order valence-electron chi connectivity index (χ4n) is 1.63. The molecule has 4 rings (SSSR count). The lowest BCUT2D eigenvalue weighted by Crippen LogP contribution is -1.94. The van der Waals surface area contributed by atoms with Crippen LogP contribution in [0.3, 0.4) is 0 Å². The maximum Gasteiger partial charge on any atom is 0.214 e. The van der Waals surface area contributed by atoms with Crippen LogP contribution in [0, 0.1) is 0 Å². The second-order valence-electron chi connectivity index (χ2n) is 4.75. The molecule has 0 saturated heterocycles. The van der Waals surface area contributed by atoms with E-state index in [1.165, 1.54) is 4.68 Å². The number of halogens is 2. The zero-order chi connectivity index (χ0) is 15.1. The summed E-state index contributed by atoms with van der Waals surface area (Å²) >= 11 is 0. The van der Waals surface area contributed by atoms with Gasteiger partial charge in [-0.3, -0.25) is 4.79 Å². The predicted octanol–water partition coefficient (Wildman–Crippen LogP) is 3.31. The quantitative estimate of drug-likeness (QED) is 0.758. The van der Waals surface area contributed by atoms with Gasteiger partial charge in [-0.2, -0.15) is 0 Å². The molecule has 1 aromatic carbocycles. The van der Waals surface area contributed by atoms with E-state index in [1.807, 2.05) is 36.4 Å². The van der Waals surface area contributed by atoms with Crippen molar-refractivity contribution >= 4 is 6.29 Å². The molecule has 1 aliphatic heterocycles. The summed E-state index contributed by atoms with van der Waals surface area (Å²) in [5.41, 5.74) is 0. The van der Waals surface area contributed by atoms with Gasteiger partial charge in [-0.1, -0.05) is 36.4 Å². The Labute approximate surface area is 121 Å². The van der Waals surface area contributed by atoms with Crippen molar-refractivity contribution in [2.24, 2.45) is 0 Å². The minimum absolute atomic E-state index is 0.0716. The number of nitrogens with zero attached hydrogens (tertiary/aromatic N) is 3. The first-order chi connectivity index (χ1) is 10.2. The number of carbonyl (C=O) groups excluding carboxylic acids is 1. The second-order valence-corrected chi connectivity index (χ2v) is 4.75. The Balaban J connectivity index is 0.000000135. The van der Waals surface area contributed by atoms with E-state index < -0.39 is 12.3 Å². The summed E-state index contributed by atoms with van der Waals surface area (Å²) in [5, 5.41) is 3.76. The van der Waals surface area contributed by atoms with E-state index in [0.717, 1.165) is 12.8 Å². The molecule has 6 heteroatoms. The van der Waals surface area contributed by atoms with Gasteiger partial charge >= 0.3 is 0 Å². The van der Waals surface area contributed by atoms with Gasteiger partial charge in [-0.25, -0.2) is 18.4 Å². The van der Waals surface area contributed by atoms with Crippen LogP contribution in [0.5, 0.6) is 0 Å². The van der Waals surface area contributed by atoms with Crippen molar-refractivity contribution in [1.82, 2.24) is 14.8 Å². The lowest BCUT2D eigenvalue weighted by molar-refractivity contribution is 0.111. The molecule has 0 amide bonds. The van der Waals surface area contributed by atoms with Crippen LogP contribution >= 0.6 is 0 Å². The van der Waals surface area contributed by atoms with E-state index in [2.05, 4.69) is 10.1 Å². The number of fused-ring (bicyclic) bond motifs is 1. The largest absolute Gasteiger partial charge is 0.294 e. The van der Waals surface area contributed by atoms with Crippen LogP contribution in [0.1, 0.15) is 41.9 Å². The summed E-state index contributed by atoms with van der Waals surface area (Å²) in [4.78, 5) is 13.9. The SMILES string of the molecule is FC1CC1.O=Cc1nc2n(n1)CC[C@H]2F.c1ccccc1. The fraction of sp³-hybridized carbons (Fsp3) is 0.400. The maximum atomic E-state index is 12.8. The summed E-state index contributed by atoms with van der Waals surface area (Å²) in [6, 6.07) is 12.0. The molecule has 0 N–H and O–H groups in total. The molecule has 2 aliphatic rings. The lowest BCUT2D eigenvalue weighted by Gasteiger charge is -1.89. The Morgan fingerprint density at radius 1 is 1.05 bits per heavy atom. The number of aldehydes is 1. The summed E-state index contributed by atoms with van der Waals surface area (Å²) in [5.74, 6) is 0.356. The molecule has 21 heavy (non-hydrogen) atoms. The third-order valence-corrected chi connectivity index (χ3v) is 2.87. The molecule has 0 radical (unpaired) electrons. The number of aromatic nitrogens is 3. The van der Waals surface area contributed by atoms with Gasteiger partial charge in [0.15, 0.2) is 18.3 Å². The number of carbonyl (C=O) groups is 1. The molecule has 2 heterocycles. The molecule has 0 bridgehead atoms. The van der Waals surface area contributed by atoms with Gasteiger partial charge in [0.25, 0.3) is 0 Å². The van der Waals surface area contributed by atoms with Gasteiger partial charge in [0.2, 0.25) is 5.82 Å². The molecule has 0 unspecified atom stereocenters. The highest BCUT2D eigenvalue weighted by Gasteiger charge is 2.25. The van der Waals surface area contributed by atoms with Crippen LogP contribution in [-0.2, 0) is 6.54 Å². The van der Waals surface area contributed by atoms with Crippen molar-refractivity contribution < 1.29 is 13.6 Å². The third-order valence-electron chi connectivity index (χ3n) is 2.87. The van der Waals surface area contributed by atoms with E-state index in [1.54, 1.807) is 0 Å². The minimum atomic E-state index is -1.05. The van der Waals surface area contributed by atoms with Crippen LogP contribution in [0.4, 0.5) is 8.78 Å². The molecule has 1 saturated carbocycles. The topological polar surface area (TPSA) is 47.8 Å². The molecule has 4 nitrogen and oxygen atoms in total. The Kier molecular flexibility index (Phi) is 5.54. The van der Waals surface area contributed by atoms with E-state index in [0.29, 0.717) is 19.3 Å². The molecular formula is C15H17F2N3O. The maximum absolute atomic E-state index is 12.8. The van der Waals surface area contributed by atoms with Gasteiger partial charge in [-0.15, -0.1) is 5.10 Å². The molecular weight excluding hydrogens is 276 g/mol. The summed E-state index contributed by atoms with van der Waals surface area (Å²) in [7, 11) is 0. The highest BCUT2D eigenvalue weighted by molar-refractivity contribution is 5.68. The molecule has 1 atom stereocenters. The first-order valence-electron chi connectivity index (χ1n) is 6.88. The summed E-state index contributed by atoms with van der Waals surface area (Å²) in [6.45, 7) is 0.525. The minimum Gasteiger partial charge on any atom is -0.294 e. The van der Waals surface area contributed by atoms with Crippen LogP contribution in [0.15, 0.2) is 36.4 Å². The highest BCUT2D eigenvalue weighted by atomic mass is 19.1. The standard InChI is InChI=1S/C6H6FN3O.C6H6.C3H5F/c7-4-1-2-10-6(4)8-5(3-11)9-10;1-2-4-6-5-3-1;4-3-1-2-3/h3-4H,1-2H2;1-6H;3H,1-2H2/t4-;;/m1../s1. The first-order valence-corrected chi connectivity index (χ1v) is 6.88. The van der Waals surface area contributed by atoms with Gasteiger partial charge in [0.1, 0.15) is 6.17 Å². The lowest BCUT2D eigenvalue weighted by atomic mass is 10.3. The van der Waals surface area contributed by atoms with E-state index in [-0.39, 0.29) is 11.6 Å². The van der Waals surface area contributed by atoms with Crippen molar-refractivity contribution in [2.45, 2.75) is 38.2 Å². The van der Waals surface area contributed by atoms with Crippen LogP contribution in [0.25, 0.3) is 0 Å². The Hall–Kier alpha value is -2.11. The number of hydrogen-bond donors (Lipinski definition) is 0. The third kappa shape index (κ3) is 5.06. The number of benzene rings is 1. The first kappa shape index (κ1) is 15.3. The molecule has 2 aromatic rings. The zero-order valence-corrected chi connectivity index (χ0v) is 11.5. The Morgan fingerprint density at radius 2 is 1.57 bits per heavy atom. The monoisotopic (exact) mass is 293 g/mol. The van der Waals surface area contributed by atoms with Crippen molar-refractivity contribution in [2.75, 3.05) is 0 Å². The van der Waals surface area contributed by atoms with Crippen LogP contribution in [-0.4, -0.2) is 27.2 Å². The van der Waals surface area contributed by atoms with Gasteiger partial charge in [-0.05, 0) is 12.8 Å².